The number of halogens is 1. The Labute approximate surface area is 76.5 Å². The van der Waals surface area contributed by atoms with E-state index in [1.54, 1.807) is 0 Å². The maximum atomic E-state index is 10.1. The Hall–Kier alpha value is -1.17. The fourth-order valence-corrected chi connectivity index (χ4v) is 0.715. The summed E-state index contributed by atoms with van der Waals surface area (Å²) in [5.41, 5.74) is 0. The van der Waals surface area contributed by atoms with Gasteiger partial charge in [0, 0.05) is 0 Å². The molecule has 5 nitrogen and oxygen atoms in total. The molecule has 1 heterocycles. The molecule has 1 aromatic rings. The molecule has 12 heavy (non-hydrogen) atoms. The number of carboxylic acids is 1. The number of hydrogen-bond acceptors (Lipinski definition) is 4. The number of nitrogens with zero attached hydrogens (tertiary/aromatic N) is 2. The number of aliphatic carboxylic acids is 1. The molecule has 0 fully saturated rings. The van der Waals surface area contributed by atoms with Crippen LogP contribution in [0.5, 0.6) is 5.88 Å². The van der Waals surface area contributed by atoms with E-state index in [-0.39, 0.29) is 5.88 Å². The van der Waals surface area contributed by atoms with E-state index in [4.69, 9.17) is 9.84 Å². The second kappa shape index (κ2) is 4.01. The van der Waals surface area contributed by atoms with E-state index in [1.807, 2.05) is 0 Å². The van der Waals surface area contributed by atoms with Crippen LogP contribution in [0, 0.1) is 0 Å². The lowest BCUT2D eigenvalue weighted by molar-refractivity contribution is -0.139. The van der Waals surface area contributed by atoms with Gasteiger partial charge in [0.2, 0.25) is 5.88 Å². The lowest BCUT2D eigenvalue weighted by atomic mass is 10.7. The molecule has 1 N–H and O–H groups in total. The number of rotatable bonds is 3. The number of ether oxygens (including phenoxy) is 1. The highest BCUT2D eigenvalue weighted by molar-refractivity contribution is 9.10. The summed E-state index contributed by atoms with van der Waals surface area (Å²) in [6.07, 6.45) is 2.77. The molecular weight excluding hydrogens is 228 g/mol. The smallest absolute Gasteiger partial charge is 0.341 e. The molecule has 1 aromatic heterocycles. The molecule has 0 bridgehead atoms. The minimum Gasteiger partial charge on any atom is -0.479 e. The summed E-state index contributed by atoms with van der Waals surface area (Å²) in [5.74, 6) is -0.847. The fraction of sp³-hybridized carbons (Fsp3) is 0.167. The van der Waals surface area contributed by atoms with Crippen molar-refractivity contribution in [3.05, 3.63) is 17.0 Å². The van der Waals surface area contributed by atoms with Crippen LogP contribution in [0.1, 0.15) is 0 Å². The van der Waals surface area contributed by atoms with Crippen LogP contribution in [0.2, 0.25) is 0 Å². The normalized spacial score (nSPS) is 9.42. The zero-order chi connectivity index (χ0) is 8.97. The van der Waals surface area contributed by atoms with Crippen LogP contribution >= 0.6 is 15.9 Å². The number of hydrogen-bond donors (Lipinski definition) is 1. The van der Waals surface area contributed by atoms with Gasteiger partial charge in [0.25, 0.3) is 0 Å². The first-order chi connectivity index (χ1) is 5.68. The van der Waals surface area contributed by atoms with Crippen molar-refractivity contribution in [1.82, 2.24) is 9.97 Å². The lowest BCUT2D eigenvalue weighted by Crippen LogP contribution is -2.10. The molecule has 0 saturated carbocycles. The Balaban J connectivity index is 2.53. The number of aromatic nitrogens is 2. The summed E-state index contributed by atoms with van der Waals surface area (Å²) < 4.78 is 5.30. The maximum absolute atomic E-state index is 10.1. The first-order valence-corrected chi connectivity index (χ1v) is 3.80. The van der Waals surface area contributed by atoms with Crippen LogP contribution < -0.4 is 4.74 Å². The van der Waals surface area contributed by atoms with Crippen molar-refractivity contribution in [3.63, 3.8) is 0 Å². The second-order valence-electron chi connectivity index (χ2n) is 1.86. The Morgan fingerprint density at radius 3 is 2.83 bits per heavy atom. The Morgan fingerprint density at radius 1 is 1.58 bits per heavy atom. The predicted molar refractivity (Wildman–Crippen MR) is 42.9 cm³/mol. The molecule has 0 unspecified atom stereocenters. The quantitative estimate of drug-likeness (QED) is 0.831. The summed E-state index contributed by atoms with van der Waals surface area (Å²) in [5, 5.41) is 8.25. The Morgan fingerprint density at radius 2 is 2.33 bits per heavy atom. The Kier molecular flexibility index (Phi) is 2.98. The molecule has 0 aliphatic carbocycles. The third kappa shape index (κ3) is 2.83. The van der Waals surface area contributed by atoms with Gasteiger partial charge in [-0.15, -0.1) is 0 Å². The van der Waals surface area contributed by atoms with Crippen molar-refractivity contribution in [2.45, 2.75) is 0 Å². The van der Waals surface area contributed by atoms with E-state index in [0.29, 0.717) is 4.60 Å². The molecular formula is C6H5BrN2O3. The van der Waals surface area contributed by atoms with Gasteiger partial charge in [-0.05, 0) is 15.9 Å². The summed E-state index contributed by atoms with van der Waals surface area (Å²) >= 11 is 3.08. The van der Waals surface area contributed by atoms with Crippen molar-refractivity contribution in [1.29, 1.82) is 0 Å². The minimum atomic E-state index is -1.04. The molecule has 0 radical (unpaired) electrons. The molecule has 0 aliphatic rings. The molecule has 0 atom stereocenters. The fourth-order valence-electron chi connectivity index (χ4n) is 0.511. The zero-order valence-corrected chi connectivity index (χ0v) is 7.48. The van der Waals surface area contributed by atoms with Crippen molar-refractivity contribution in [3.8, 4) is 5.88 Å². The molecule has 0 aromatic carbocycles. The van der Waals surface area contributed by atoms with Gasteiger partial charge in [-0.25, -0.2) is 14.8 Å². The van der Waals surface area contributed by atoms with Crippen LogP contribution in [0.4, 0.5) is 0 Å². The van der Waals surface area contributed by atoms with Crippen LogP contribution in [0.15, 0.2) is 17.0 Å². The third-order valence-corrected chi connectivity index (χ3v) is 1.35. The molecule has 0 spiro atoms. The molecule has 1 rings (SSSR count). The van der Waals surface area contributed by atoms with Crippen molar-refractivity contribution in [2.75, 3.05) is 6.61 Å². The summed E-state index contributed by atoms with van der Waals surface area (Å²) in [7, 11) is 0. The van der Waals surface area contributed by atoms with Crippen LogP contribution in [-0.4, -0.2) is 27.7 Å². The second-order valence-corrected chi connectivity index (χ2v) is 2.67. The van der Waals surface area contributed by atoms with Gasteiger partial charge in [-0.1, -0.05) is 0 Å². The molecule has 0 saturated heterocycles. The first kappa shape index (κ1) is 8.92. The number of carboxylic acid groups (broad SMARTS) is 1. The van der Waals surface area contributed by atoms with Gasteiger partial charge in [0.1, 0.15) is 4.60 Å². The average molecular weight is 233 g/mol. The topological polar surface area (TPSA) is 72.3 Å². The van der Waals surface area contributed by atoms with E-state index >= 15 is 0 Å². The molecule has 0 aliphatic heterocycles. The SMILES string of the molecule is O=C(O)COc1cnc(Br)cn1. The predicted octanol–water partition coefficient (Wildman–Crippen LogP) is 0.702. The highest BCUT2D eigenvalue weighted by atomic mass is 79.9. The van der Waals surface area contributed by atoms with Gasteiger partial charge in [0.15, 0.2) is 6.61 Å². The molecule has 64 valence electrons. The third-order valence-electron chi connectivity index (χ3n) is 0.940. The van der Waals surface area contributed by atoms with Gasteiger partial charge in [-0.3, -0.25) is 0 Å². The van der Waals surface area contributed by atoms with E-state index in [2.05, 4.69) is 25.9 Å². The van der Waals surface area contributed by atoms with Gasteiger partial charge in [-0.2, -0.15) is 0 Å². The monoisotopic (exact) mass is 232 g/mol. The summed E-state index contributed by atoms with van der Waals surface area (Å²) in [4.78, 5) is 17.6. The largest absolute Gasteiger partial charge is 0.479 e. The van der Waals surface area contributed by atoms with E-state index in [0.717, 1.165) is 0 Å². The number of carbonyl (C=O) groups is 1. The first-order valence-electron chi connectivity index (χ1n) is 3.00. The van der Waals surface area contributed by atoms with Crippen LogP contribution in [0.3, 0.4) is 0 Å². The van der Waals surface area contributed by atoms with Crippen molar-refractivity contribution >= 4 is 21.9 Å². The van der Waals surface area contributed by atoms with Gasteiger partial charge in [0.05, 0.1) is 12.4 Å². The standard InChI is InChI=1S/C6H5BrN2O3/c7-4-1-9-5(2-8-4)12-3-6(10)11/h1-2H,3H2,(H,10,11). The van der Waals surface area contributed by atoms with Crippen molar-refractivity contribution in [2.24, 2.45) is 0 Å². The van der Waals surface area contributed by atoms with E-state index in [9.17, 15) is 4.79 Å². The van der Waals surface area contributed by atoms with E-state index < -0.39 is 12.6 Å². The summed E-state index contributed by atoms with van der Waals surface area (Å²) in [6.45, 7) is -0.406. The van der Waals surface area contributed by atoms with Gasteiger partial charge < -0.3 is 9.84 Å². The highest BCUT2D eigenvalue weighted by Gasteiger charge is 1.99. The Bertz CT molecular complexity index is 275. The van der Waals surface area contributed by atoms with E-state index in [1.165, 1.54) is 12.4 Å². The molecule has 6 heteroatoms. The van der Waals surface area contributed by atoms with Crippen LogP contribution in [0.25, 0.3) is 0 Å². The zero-order valence-electron chi connectivity index (χ0n) is 5.90. The van der Waals surface area contributed by atoms with Crippen LogP contribution in [-0.2, 0) is 4.79 Å². The average Bonchev–Trinajstić information content (AvgIpc) is 2.03. The maximum Gasteiger partial charge on any atom is 0.341 e. The minimum absolute atomic E-state index is 0.195. The lowest BCUT2D eigenvalue weighted by Gasteiger charge is -1.99. The van der Waals surface area contributed by atoms with Crippen molar-refractivity contribution < 1.29 is 14.6 Å². The highest BCUT2D eigenvalue weighted by Crippen LogP contribution is 2.07. The summed E-state index contributed by atoms with van der Waals surface area (Å²) in [6, 6.07) is 0. The van der Waals surface area contributed by atoms with Gasteiger partial charge >= 0.3 is 5.97 Å². The molecule has 0 amide bonds.